The van der Waals surface area contributed by atoms with Gasteiger partial charge in [0.2, 0.25) is 0 Å². The minimum atomic E-state index is -0.875. The Balaban J connectivity index is 1.48. The fourth-order valence-corrected chi connectivity index (χ4v) is 6.00. The number of benzene rings is 2. The molecule has 7 heteroatoms. The number of fused-ring (bicyclic) bond motifs is 3. The van der Waals surface area contributed by atoms with E-state index in [0.29, 0.717) is 0 Å². The molecule has 1 aliphatic rings. The first-order valence-corrected chi connectivity index (χ1v) is 13.1. The summed E-state index contributed by atoms with van der Waals surface area (Å²) in [5.41, 5.74) is 4.96. The first-order valence-electron chi connectivity index (χ1n) is 13.1. The first kappa shape index (κ1) is 24.1. The molecule has 0 radical (unpaired) electrons. The van der Waals surface area contributed by atoms with Gasteiger partial charge in [-0.05, 0) is 75.4 Å². The minimum absolute atomic E-state index is 0.499. The molecule has 0 unspecified atom stereocenters. The summed E-state index contributed by atoms with van der Waals surface area (Å²) in [6.45, 7) is 7.90. The van der Waals surface area contributed by atoms with Gasteiger partial charge in [-0.15, -0.1) is 0 Å². The SMILES string of the molecule is Cc1nn(-c2ccc(C3(N(C(=O)O)C(C)(C)C)CCC3)cc2)c2c3cc(-c4ccccc4)cnc3cc[n+]12. The number of hydrogen-bond donors (Lipinski definition) is 1. The van der Waals surface area contributed by atoms with E-state index in [-0.39, 0.29) is 0 Å². The van der Waals surface area contributed by atoms with Crippen LogP contribution in [-0.4, -0.2) is 36.4 Å². The zero-order chi connectivity index (χ0) is 26.7. The number of amides is 1. The van der Waals surface area contributed by atoms with Gasteiger partial charge in [0.05, 0.1) is 22.6 Å². The van der Waals surface area contributed by atoms with Gasteiger partial charge in [-0.1, -0.05) is 47.1 Å². The van der Waals surface area contributed by atoms with Crippen LogP contribution in [0.3, 0.4) is 0 Å². The lowest BCUT2D eigenvalue weighted by Gasteiger charge is -2.54. The van der Waals surface area contributed by atoms with Gasteiger partial charge in [-0.2, -0.15) is 0 Å². The largest absolute Gasteiger partial charge is 0.465 e. The van der Waals surface area contributed by atoms with Gasteiger partial charge in [-0.25, -0.2) is 9.20 Å². The Morgan fingerprint density at radius 3 is 2.34 bits per heavy atom. The van der Waals surface area contributed by atoms with Gasteiger partial charge in [0.15, 0.2) is 0 Å². The number of pyridine rings is 2. The maximum absolute atomic E-state index is 12.4. The van der Waals surface area contributed by atoms with E-state index in [9.17, 15) is 9.90 Å². The fraction of sp³-hybridized carbons (Fsp3) is 0.290. The summed E-state index contributed by atoms with van der Waals surface area (Å²) < 4.78 is 4.05. The third-order valence-corrected chi connectivity index (χ3v) is 7.79. The van der Waals surface area contributed by atoms with E-state index in [1.807, 2.05) is 69.0 Å². The molecule has 3 heterocycles. The number of aromatic nitrogens is 4. The van der Waals surface area contributed by atoms with Crippen LogP contribution < -0.4 is 4.40 Å². The highest BCUT2D eigenvalue weighted by Gasteiger charge is 2.50. The molecule has 1 amide bonds. The topological polar surface area (TPSA) is 75.3 Å². The number of hydrogen-bond acceptors (Lipinski definition) is 3. The van der Waals surface area contributed by atoms with Crippen LogP contribution in [0.4, 0.5) is 4.79 Å². The maximum Gasteiger partial charge on any atom is 0.408 e. The average Bonchev–Trinajstić information content (AvgIpc) is 3.22. The van der Waals surface area contributed by atoms with Crippen molar-refractivity contribution in [3.05, 3.63) is 90.5 Å². The van der Waals surface area contributed by atoms with Crippen molar-refractivity contribution in [2.75, 3.05) is 0 Å². The molecule has 3 aromatic heterocycles. The van der Waals surface area contributed by atoms with E-state index in [2.05, 4.69) is 46.9 Å². The summed E-state index contributed by atoms with van der Waals surface area (Å²) in [6.07, 6.45) is 5.72. The number of nitrogens with zero attached hydrogens (tertiary/aromatic N) is 5. The first-order chi connectivity index (χ1) is 18.2. The van der Waals surface area contributed by atoms with E-state index >= 15 is 0 Å². The normalized spacial score (nSPS) is 14.9. The zero-order valence-corrected chi connectivity index (χ0v) is 22.2. The molecule has 1 saturated carbocycles. The number of rotatable bonds is 4. The van der Waals surface area contributed by atoms with Crippen molar-refractivity contribution in [2.24, 2.45) is 0 Å². The highest BCUT2D eigenvalue weighted by molar-refractivity contribution is 5.92. The Hall–Kier alpha value is -4.26. The van der Waals surface area contributed by atoms with E-state index in [1.165, 1.54) is 0 Å². The number of aryl methyl sites for hydroxylation is 1. The summed E-state index contributed by atoms with van der Waals surface area (Å²) in [5.74, 6) is 0.872. The Bertz CT molecular complexity index is 1660. The predicted molar refractivity (Wildman–Crippen MR) is 147 cm³/mol. The molecule has 1 fully saturated rings. The van der Waals surface area contributed by atoms with Crippen molar-refractivity contribution in [2.45, 2.75) is 58.0 Å². The monoisotopic (exact) mass is 506 g/mol. The van der Waals surface area contributed by atoms with Crippen molar-refractivity contribution in [3.63, 3.8) is 0 Å². The van der Waals surface area contributed by atoms with Crippen LogP contribution in [0.2, 0.25) is 0 Å². The van der Waals surface area contributed by atoms with Crippen LogP contribution >= 0.6 is 0 Å². The van der Waals surface area contributed by atoms with Crippen LogP contribution in [0.15, 0.2) is 79.1 Å². The van der Waals surface area contributed by atoms with Crippen molar-refractivity contribution in [1.29, 1.82) is 0 Å². The molecule has 0 atom stereocenters. The Kier molecular flexibility index (Phi) is 5.49. The van der Waals surface area contributed by atoms with Crippen LogP contribution in [0.1, 0.15) is 51.4 Å². The summed E-state index contributed by atoms with van der Waals surface area (Å²) >= 11 is 0. The van der Waals surface area contributed by atoms with Crippen LogP contribution in [0, 0.1) is 6.92 Å². The van der Waals surface area contributed by atoms with Gasteiger partial charge in [0.1, 0.15) is 5.69 Å². The van der Waals surface area contributed by atoms with E-state index in [4.69, 9.17) is 10.1 Å². The fourth-order valence-electron chi connectivity index (χ4n) is 6.00. The molecular weight excluding hydrogens is 474 g/mol. The zero-order valence-electron chi connectivity index (χ0n) is 22.2. The molecule has 0 spiro atoms. The lowest BCUT2D eigenvalue weighted by atomic mass is 9.69. The van der Waals surface area contributed by atoms with Crippen LogP contribution in [0.5, 0.6) is 0 Å². The van der Waals surface area contributed by atoms with Crippen molar-refractivity contribution in [3.8, 4) is 16.8 Å². The molecule has 7 nitrogen and oxygen atoms in total. The van der Waals surface area contributed by atoms with E-state index < -0.39 is 17.2 Å². The Morgan fingerprint density at radius 2 is 1.74 bits per heavy atom. The standard InChI is InChI=1S/C31H31N5O2/c1-21-33-35(25-13-11-24(12-14-25)31(16-8-17-31)36(29(37)38)30(2,3)4)28-26-19-23(22-9-6-5-7-10-22)20-32-27(26)15-18-34(21)28/h5-7,9-15,18-20H,8,16-17H2,1-4H3/p+1. The molecule has 5 aromatic rings. The molecular formula is C31H32N5O2+. The van der Waals surface area contributed by atoms with Crippen molar-refractivity contribution >= 4 is 22.6 Å². The molecule has 6 rings (SSSR count). The highest BCUT2D eigenvalue weighted by Crippen LogP contribution is 2.49. The third-order valence-electron chi connectivity index (χ3n) is 7.79. The minimum Gasteiger partial charge on any atom is -0.465 e. The maximum atomic E-state index is 12.4. The molecule has 192 valence electrons. The highest BCUT2D eigenvalue weighted by atomic mass is 16.4. The van der Waals surface area contributed by atoms with E-state index in [0.717, 1.165) is 64.0 Å². The lowest BCUT2D eigenvalue weighted by molar-refractivity contribution is -0.519. The summed E-state index contributed by atoms with van der Waals surface area (Å²) in [6, 6.07) is 22.7. The van der Waals surface area contributed by atoms with Crippen molar-refractivity contribution < 1.29 is 14.3 Å². The quantitative estimate of drug-likeness (QED) is 0.291. The Labute approximate surface area is 222 Å². The number of carboxylic acid groups (broad SMARTS) is 1. The lowest BCUT2D eigenvalue weighted by Crippen LogP contribution is -2.60. The van der Waals surface area contributed by atoms with Gasteiger partial charge >= 0.3 is 6.09 Å². The van der Waals surface area contributed by atoms with Gasteiger partial charge in [0.25, 0.3) is 11.5 Å². The Morgan fingerprint density at radius 1 is 1.03 bits per heavy atom. The second-order valence-electron chi connectivity index (χ2n) is 11.2. The summed E-state index contributed by atoms with van der Waals surface area (Å²) in [5, 5.41) is 16.0. The van der Waals surface area contributed by atoms with E-state index in [1.54, 1.807) is 4.90 Å². The molecule has 0 aliphatic heterocycles. The summed E-state index contributed by atoms with van der Waals surface area (Å²) in [4.78, 5) is 18.8. The van der Waals surface area contributed by atoms with Crippen molar-refractivity contribution in [1.82, 2.24) is 19.7 Å². The number of carbonyl (C=O) groups is 1. The molecule has 0 saturated heterocycles. The smallest absolute Gasteiger partial charge is 0.408 e. The second-order valence-corrected chi connectivity index (χ2v) is 11.2. The molecule has 1 aliphatic carbocycles. The molecule has 38 heavy (non-hydrogen) atoms. The van der Waals surface area contributed by atoms with Gasteiger partial charge in [-0.3, -0.25) is 9.88 Å². The predicted octanol–water partition coefficient (Wildman–Crippen LogP) is 6.29. The van der Waals surface area contributed by atoms with Gasteiger partial charge in [0, 0.05) is 29.3 Å². The molecule has 0 bridgehead atoms. The molecule has 2 aromatic carbocycles. The third kappa shape index (κ3) is 3.72. The van der Waals surface area contributed by atoms with Gasteiger partial charge < -0.3 is 5.11 Å². The van der Waals surface area contributed by atoms with Crippen LogP contribution in [-0.2, 0) is 5.54 Å². The second kappa shape index (κ2) is 8.65. The van der Waals surface area contributed by atoms with Crippen LogP contribution in [0.25, 0.3) is 33.4 Å². The molecule has 1 N–H and O–H groups in total. The summed E-state index contributed by atoms with van der Waals surface area (Å²) in [7, 11) is 0. The average molecular weight is 507 g/mol.